The van der Waals surface area contributed by atoms with Crippen LogP contribution in [0.2, 0.25) is 0 Å². The second-order valence-electron chi connectivity index (χ2n) is 5.92. The Morgan fingerprint density at radius 1 is 1.29 bits per heavy atom. The van der Waals surface area contributed by atoms with Crippen LogP contribution in [0.1, 0.15) is 36.5 Å². The van der Waals surface area contributed by atoms with E-state index in [9.17, 15) is 4.79 Å². The van der Waals surface area contributed by atoms with Crippen LogP contribution in [0.25, 0.3) is 0 Å². The summed E-state index contributed by atoms with van der Waals surface area (Å²) in [6.07, 6.45) is 3.63. The van der Waals surface area contributed by atoms with Gasteiger partial charge in [-0.05, 0) is 30.4 Å². The summed E-state index contributed by atoms with van der Waals surface area (Å²) < 4.78 is 11.4. The summed E-state index contributed by atoms with van der Waals surface area (Å²) in [4.78, 5) is 14.1. The Morgan fingerprint density at radius 3 is 2.95 bits per heavy atom. The van der Waals surface area contributed by atoms with Crippen molar-refractivity contribution in [3.63, 3.8) is 0 Å². The van der Waals surface area contributed by atoms with Crippen molar-refractivity contribution in [3.05, 3.63) is 35.4 Å². The van der Waals surface area contributed by atoms with Crippen LogP contribution in [-0.2, 0) is 20.7 Å². The molecule has 21 heavy (non-hydrogen) atoms. The lowest BCUT2D eigenvalue weighted by Gasteiger charge is -2.30. The van der Waals surface area contributed by atoms with Crippen LogP contribution in [0.4, 0.5) is 0 Å². The number of likely N-dealkylation sites (N-methyl/N-ethyl adjacent to an activating group) is 1. The van der Waals surface area contributed by atoms with Crippen LogP contribution in [-0.4, -0.2) is 43.7 Å². The van der Waals surface area contributed by atoms with Gasteiger partial charge < -0.3 is 14.4 Å². The number of carbonyl (C=O) groups is 1. The van der Waals surface area contributed by atoms with Crippen molar-refractivity contribution >= 4 is 5.91 Å². The van der Waals surface area contributed by atoms with Crippen molar-refractivity contribution in [2.24, 2.45) is 0 Å². The molecule has 1 aromatic carbocycles. The van der Waals surface area contributed by atoms with Crippen molar-refractivity contribution in [2.45, 2.75) is 37.9 Å². The summed E-state index contributed by atoms with van der Waals surface area (Å²) in [6.45, 7) is 2.14. The number of ether oxygens (including phenoxy) is 2. The van der Waals surface area contributed by atoms with Gasteiger partial charge in [0.25, 0.3) is 0 Å². The predicted molar refractivity (Wildman–Crippen MR) is 80.1 cm³/mol. The minimum atomic E-state index is -0.00611. The Kier molecular flexibility index (Phi) is 4.56. The van der Waals surface area contributed by atoms with E-state index in [1.165, 1.54) is 11.1 Å². The van der Waals surface area contributed by atoms with E-state index < -0.39 is 0 Å². The fraction of sp³-hybridized carbons (Fsp3) is 0.588. The van der Waals surface area contributed by atoms with E-state index in [1.807, 2.05) is 13.1 Å². The van der Waals surface area contributed by atoms with Gasteiger partial charge in [0.15, 0.2) is 0 Å². The largest absolute Gasteiger partial charge is 0.378 e. The maximum Gasteiger partial charge on any atom is 0.225 e. The quantitative estimate of drug-likeness (QED) is 0.854. The third kappa shape index (κ3) is 3.44. The second kappa shape index (κ2) is 6.58. The summed E-state index contributed by atoms with van der Waals surface area (Å²) in [5.74, 6) is 0.147. The van der Waals surface area contributed by atoms with E-state index in [1.54, 1.807) is 4.90 Å². The van der Waals surface area contributed by atoms with Gasteiger partial charge in [-0.1, -0.05) is 24.3 Å². The monoisotopic (exact) mass is 289 g/mol. The highest BCUT2D eigenvalue weighted by Crippen LogP contribution is 2.27. The smallest absolute Gasteiger partial charge is 0.225 e. The number of hydrogen-bond donors (Lipinski definition) is 0. The molecule has 0 saturated carbocycles. The molecule has 2 aliphatic heterocycles. The summed E-state index contributed by atoms with van der Waals surface area (Å²) in [7, 11) is 1.86. The summed E-state index contributed by atoms with van der Waals surface area (Å²) in [6, 6.07) is 8.36. The van der Waals surface area contributed by atoms with Crippen molar-refractivity contribution < 1.29 is 14.3 Å². The molecule has 0 N–H and O–H groups in total. The highest BCUT2D eigenvalue weighted by molar-refractivity contribution is 5.76. The van der Waals surface area contributed by atoms with Gasteiger partial charge in [0.1, 0.15) is 6.10 Å². The minimum absolute atomic E-state index is 0.00611. The number of nitrogens with zero attached hydrogens (tertiary/aromatic N) is 1. The van der Waals surface area contributed by atoms with Gasteiger partial charge in [-0.3, -0.25) is 4.79 Å². The van der Waals surface area contributed by atoms with Crippen LogP contribution in [0, 0.1) is 0 Å². The Bertz CT molecular complexity index is 497. The molecule has 0 bridgehead atoms. The Labute approximate surface area is 126 Å². The Hall–Kier alpha value is -1.39. The molecule has 4 nitrogen and oxygen atoms in total. The zero-order valence-corrected chi connectivity index (χ0v) is 12.6. The molecule has 0 radical (unpaired) electrons. The molecule has 3 rings (SSSR count). The third-order valence-corrected chi connectivity index (χ3v) is 4.38. The van der Waals surface area contributed by atoms with E-state index in [-0.39, 0.29) is 18.1 Å². The van der Waals surface area contributed by atoms with Gasteiger partial charge in [0.2, 0.25) is 5.91 Å². The van der Waals surface area contributed by atoms with Gasteiger partial charge in [-0.15, -0.1) is 0 Å². The van der Waals surface area contributed by atoms with Crippen LogP contribution in [0.3, 0.4) is 0 Å². The SMILES string of the molecule is CN(C[C@@H]1OCCc2ccccc21)C(=O)C[C@@H]1CCCO1. The maximum absolute atomic E-state index is 12.3. The first-order valence-electron chi connectivity index (χ1n) is 7.79. The van der Waals surface area contributed by atoms with Crippen LogP contribution in [0.15, 0.2) is 24.3 Å². The molecule has 0 aliphatic carbocycles. The molecule has 1 amide bonds. The second-order valence-corrected chi connectivity index (χ2v) is 5.92. The highest BCUT2D eigenvalue weighted by Gasteiger charge is 2.25. The first-order chi connectivity index (χ1) is 10.2. The lowest BCUT2D eigenvalue weighted by Crippen LogP contribution is -2.35. The first kappa shape index (κ1) is 14.5. The molecule has 1 saturated heterocycles. The Balaban J connectivity index is 1.59. The van der Waals surface area contributed by atoms with Crippen molar-refractivity contribution in [1.82, 2.24) is 4.90 Å². The topological polar surface area (TPSA) is 38.8 Å². The molecule has 1 aromatic rings. The molecule has 0 spiro atoms. The molecule has 2 atom stereocenters. The standard InChI is InChI=1S/C17H23NO3/c1-18(17(19)11-14-6-4-9-20-14)12-16-15-7-3-2-5-13(15)8-10-21-16/h2-3,5,7,14,16H,4,6,8-12H2,1H3/t14-,16-/m0/s1. The molecule has 0 aromatic heterocycles. The van der Waals surface area contributed by atoms with Gasteiger partial charge in [-0.2, -0.15) is 0 Å². The molecule has 0 unspecified atom stereocenters. The molecular weight excluding hydrogens is 266 g/mol. The number of carbonyl (C=O) groups excluding carboxylic acids is 1. The van der Waals surface area contributed by atoms with Crippen molar-refractivity contribution in [1.29, 1.82) is 0 Å². The number of hydrogen-bond acceptors (Lipinski definition) is 3. The normalized spacial score (nSPS) is 24.6. The highest BCUT2D eigenvalue weighted by atomic mass is 16.5. The number of rotatable bonds is 4. The van der Waals surface area contributed by atoms with E-state index >= 15 is 0 Å². The number of benzene rings is 1. The summed E-state index contributed by atoms with van der Waals surface area (Å²) in [5.41, 5.74) is 2.56. The van der Waals surface area contributed by atoms with E-state index in [0.717, 1.165) is 32.5 Å². The predicted octanol–water partition coefficient (Wildman–Crippen LogP) is 2.33. The fourth-order valence-corrected chi connectivity index (χ4v) is 3.13. The summed E-state index contributed by atoms with van der Waals surface area (Å²) in [5, 5.41) is 0. The molecule has 1 fully saturated rings. The fourth-order valence-electron chi connectivity index (χ4n) is 3.13. The van der Waals surface area contributed by atoms with Crippen LogP contribution < -0.4 is 0 Å². The lowest BCUT2D eigenvalue weighted by molar-refractivity contribution is -0.134. The molecule has 4 heteroatoms. The van der Waals surface area contributed by atoms with Gasteiger partial charge in [-0.25, -0.2) is 0 Å². The van der Waals surface area contributed by atoms with Gasteiger partial charge >= 0.3 is 0 Å². The third-order valence-electron chi connectivity index (χ3n) is 4.38. The average molecular weight is 289 g/mol. The molecule has 2 aliphatic rings. The van der Waals surface area contributed by atoms with Crippen molar-refractivity contribution in [3.8, 4) is 0 Å². The molecule has 2 heterocycles. The zero-order valence-electron chi connectivity index (χ0n) is 12.6. The molecule has 114 valence electrons. The molecular formula is C17H23NO3. The van der Waals surface area contributed by atoms with Crippen LogP contribution >= 0.6 is 0 Å². The minimum Gasteiger partial charge on any atom is -0.378 e. The summed E-state index contributed by atoms with van der Waals surface area (Å²) >= 11 is 0. The van der Waals surface area contributed by atoms with Gasteiger partial charge in [0, 0.05) is 13.7 Å². The average Bonchev–Trinajstić information content (AvgIpc) is 3.00. The first-order valence-corrected chi connectivity index (χ1v) is 7.79. The van der Waals surface area contributed by atoms with Crippen LogP contribution in [0.5, 0.6) is 0 Å². The van der Waals surface area contributed by atoms with Gasteiger partial charge in [0.05, 0.1) is 25.7 Å². The van der Waals surface area contributed by atoms with E-state index in [2.05, 4.69) is 18.2 Å². The number of amides is 1. The number of fused-ring (bicyclic) bond motifs is 1. The zero-order chi connectivity index (χ0) is 14.7. The van der Waals surface area contributed by atoms with Crippen molar-refractivity contribution in [2.75, 3.05) is 26.8 Å². The Morgan fingerprint density at radius 2 is 2.14 bits per heavy atom. The van der Waals surface area contributed by atoms with E-state index in [0.29, 0.717) is 13.0 Å². The van der Waals surface area contributed by atoms with E-state index in [4.69, 9.17) is 9.47 Å². The maximum atomic E-state index is 12.3. The lowest BCUT2D eigenvalue weighted by atomic mass is 9.97.